The van der Waals surface area contributed by atoms with Crippen molar-refractivity contribution in [3.05, 3.63) is 24.3 Å². The molecular weight excluding hydrogens is 352 g/mol. The van der Waals surface area contributed by atoms with Crippen LogP contribution < -0.4 is 9.46 Å². The number of sulfonamides is 1. The number of hydrogen-bond donors (Lipinski definition) is 1. The maximum atomic E-state index is 12.4. The van der Waals surface area contributed by atoms with E-state index in [1.165, 1.54) is 0 Å². The number of ether oxygens (including phenoxy) is 2. The lowest BCUT2D eigenvalue weighted by Crippen LogP contribution is -2.46. The van der Waals surface area contributed by atoms with E-state index in [1.54, 1.807) is 24.3 Å². The van der Waals surface area contributed by atoms with Crippen LogP contribution in [0.5, 0.6) is 5.75 Å². The Morgan fingerprint density at radius 2 is 1.81 bits per heavy atom. The zero-order chi connectivity index (χ0) is 19.2. The predicted octanol–water partition coefficient (Wildman–Crippen LogP) is 2.50. The van der Waals surface area contributed by atoms with Crippen LogP contribution in [0.25, 0.3) is 0 Å². The molecule has 0 saturated carbocycles. The molecule has 0 spiro atoms. The van der Waals surface area contributed by atoms with E-state index in [1.807, 2.05) is 0 Å². The highest BCUT2D eigenvalue weighted by molar-refractivity contribution is 7.89. The molecule has 1 saturated heterocycles. The quantitative estimate of drug-likeness (QED) is 0.663. The molecule has 1 aromatic carbocycles. The molecule has 7 heteroatoms. The molecule has 1 aliphatic heterocycles. The molecule has 1 aliphatic rings. The van der Waals surface area contributed by atoms with E-state index in [-0.39, 0.29) is 17.1 Å². The minimum Gasteiger partial charge on any atom is -0.493 e. The van der Waals surface area contributed by atoms with Crippen molar-refractivity contribution in [1.29, 1.82) is 0 Å². The lowest BCUT2D eigenvalue weighted by molar-refractivity contribution is -0.0679. The molecule has 26 heavy (non-hydrogen) atoms. The van der Waals surface area contributed by atoms with Crippen molar-refractivity contribution in [3.8, 4) is 5.75 Å². The molecule has 148 valence electrons. The molecule has 0 aromatic heterocycles. The first kappa shape index (κ1) is 21.2. The van der Waals surface area contributed by atoms with Crippen LogP contribution in [0.15, 0.2) is 29.2 Å². The second-order valence-corrected chi connectivity index (χ2v) is 9.21. The molecule has 0 radical (unpaired) electrons. The molecule has 0 aliphatic carbocycles. The Hall–Kier alpha value is -1.15. The van der Waals surface area contributed by atoms with Crippen LogP contribution in [0.2, 0.25) is 0 Å². The molecule has 2 atom stereocenters. The van der Waals surface area contributed by atoms with Crippen molar-refractivity contribution < 1.29 is 17.9 Å². The molecule has 0 bridgehead atoms. The van der Waals surface area contributed by atoms with Crippen molar-refractivity contribution in [2.24, 2.45) is 5.92 Å². The Morgan fingerprint density at radius 1 is 1.19 bits per heavy atom. The van der Waals surface area contributed by atoms with E-state index < -0.39 is 10.0 Å². The van der Waals surface area contributed by atoms with Crippen LogP contribution in [0, 0.1) is 5.92 Å². The van der Waals surface area contributed by atoms with Crippen molar-refractivity contribution in [3.63, 3.8) is 0 Å². The molecule has 1 heterocycles. The smallest absolute Gasteiger partial charge is 0.240 e. The summed E-state index contributed by atoms with van der Waals surface area (Å²) < 4.78 is 38.7. The third kappa shape index (κ3) is 6.87. The maximum absolute atomic E-state index is 12.4. The summed E-state index contributed by atoms with van der Waals surface area (Å²) in [6, 6.07) is 6.58. The fourth-order valence-corrected chi connectivity index (χ4v) is 4.11. The Labute approximate surface area is 157 Å². The van der Waals surface area contributed by atoms with Crippen LogP contribution in [0.4, 0.5) is 0 Å². The predicted molar refractivity (Wildman–Crippen MR) is 103 cm³/mol. The van der Waals surface area contributed by atoms with Crippen LogP contribution in [-0.2, 0) is 14.8 Å². The van der Waals surface area contributed by atoms with Crippen LogP contribution in [0.1, 0.15) is 34.1 Å². The monoisotopic (exact) mass is 384 g/mol. The van der Waals surface area contributed by atoms with Gasteiger partial charge < -0.3 is 9.47 Å². The number of nitrogens with zero attached hydrogens (tertiary/aromatic N) is 1. The molecule has 2 rings (SSSR count). The Kier molecular flexibility index (Phi) is 7.88. The minimum atomic E-state index is -3.48. The molecule has 1 N–H and O–H groups in total. The summed E-state index contributed by atoms with van der Waals surface area (Å²) in [5.41, 5.74) is 0. The van der Waals surface area contributed by atoms with E-state index >= 15 is 0 Å². The van der Waals surface area contributed by atoms with Gasteiger partial charge in [-0.05, 0) is 57.0 Å². The fraction of sp³-hybridized carbons (Fsp3) is 0.684. The average molecular weight is 385 g/mol. The summed E-state index contributed by atoms with van der Waals surface area (Å²) in [7, 11) is -3.48. The van der Waals surface area contributed by atoms with Crippen LogP contribution in [-0.4, -0.2) is 58.3 Å². The van der Waals surface area contributed by atoms with Crippen molar-refractivity contribution >= 4 is 10.0 Å². The lowest BCUT2D eigenvalue weighted by atomic mass is 10.2. The maximum Gasteiger partial charge on any atom is 0.240 e. The van der Waals surface area contributed by atoms with Gasteiger partial charge in [0.05, 0.1) is 23.7 Å². The molecule has 0 amide bonds. The number of morpholine rings is 1. The zero-order valence-electron chi connectivity index (χ0n) is 16.3. The van der Waals surface area contributed by atoms with E-state index in [0.717, 1.165) is 26.1 Å². The normalized spacial score (nSPS) is 21.9. The molecule has 6 nitrogen and oxygen atoms in total. The number of rotatable bonds is 9. The zero-order valence-corrected chi connectivity index (χ0v) is 17.1. The first-order valence-electron chi connectivity index (χ1n) is 9.36. The van der Waals surface area contributed by atoms with Crippen molar-refractivity contribution in [2.75, 3.05) is 32.8 Å². The van der Waals surface area contributed by atoms with Gasteiger partial charge in [0.15, 0.2) is 0 Å². The number of benzene rings is 1. The first-order valence-corrected chi connectivity index (χ1v) is 10.8. The SMILES string of the molecule is CC(C)COc1ccc(S(=O)(=O)NCCCN2CC(C)OC(C)C2)cc1. The average Bonchev–Trinajstić information content (AvgIpc) is 2.56. The molecular formula is C19H32N2O4S. The van der Waals surface area contributed by atoms with Gasteiger partial charge in [0, 0.05) is 19.6 Å². The molecule has 1 aromatic rings. The van der Waals surface area contributed by atoms with E-state index in [4.69, 9.17) is 9.47 Å². The van der Waals surface area contributed by atoms with Crippen LogP contribution in [0.3, 0.4) is 0 Å². The summed E-state index contributed by atoms with van der Waals surface area (Å²) >= 11 is 0. The standard InChI is InChI=1S/C19H32N2O4S/c1-15(2)14-24-18-6-8-19(9-7-18)26(22,23)20-10-5-11-21-12-16(3)25-17(4)13-21/h6-9,15-17,20H,5,10-14H2,1-4H3. The third-order valence-electron chi connectivity index (χ3n) is 4.16. The van der Waals surface area contributed by atoms with E-state index in [2.05, 4.69) is 37.3 Å². The summed E-state index contributed by atoms with van der Waals surface area (Å²) in [4.78, 5) is 2.59. The molecule has 2 unspecified atom stereocenters. The second-order valence-electron chi connectivity index (χ2n) is 7.44. The third-order valence-corrected chi connectivity index (χ3v) is 5.63. The summed E-state index contributed by atoms with van der Waals surface area (Å²) in [6.45, 7) is 12.0. The Bertz CT molecular complexity index is 636. The second kappa shape index (κ2) is 9.69. The Morgan fingerprint density at radius 3 is 2.38 bits per heavy atom. The van der Waals surface area contributed by atoms with E-state index in [0.29, 0.717) is 24.8 Å². The van der Waals surface area contributed by atoms with Gasteiger partial charge in [-0.1, -0.05) is 13.8 Å². The Balaban J connectivity index is 1.77. The van der Waals surface area contributed by atoms with Gasteiger partial charge in [0.2, 0.25) is 10.0 Å². The number of hydrogen-bond acceptors (Lipinski definition) is 5. The minimum absolute atomic E-state index is 0.229. The van der Waals surface area contributed by atoms with Gasteiger partial charge in [-0.3, -0.25) is 4.90 Å². The topological polar surface area (TPSA) is 67.9 Å². The summed E-state index contributed by atoms with van der Waals surface area (Å²) in [5, 5.41) is 0. The van der Waals surface area contributed by atoms with Gasteiger partial charge >= 0.3 is 0 Å². The fourth-order valence-electron chi connectivity index (χ4n) is 3.04. The van der Waals surface area contributed by atoms with E-state index in [9.17, 15) is 8.42 Å². The lowest BCUT2D eigenvalue weighted by Gasteiger charge is -2.35. The highest BCUT2D eigenvalue weighted by Gasteiger charge is 2.21. The highest BCUT2D eigenvalue weighted by Crippen LogP contribution is 2.17. The van der Waals surface area contributed by atoms with Gasteiger partial charge in [0.25, 0.3) is 0 Å². The summed E-state index contributed by atoms with van der Waals surface area (Å²) in [6.07, 6.45) is 1.23. The molecule has 1 fully saturated rings. The highest BCUT2D eigenvalue weighted by atomic mass is 32.2. The van der Waals surface area contributed by atoms with Crippen LogP contribution >= 0.6 is 0 Å². The van der Waals surface area contributed by atoms with Gasteiger partial charge in [-0.15, -0.1) is 0 Å². The first-order chi connectivity index (χ1) is 12.3. The van der Waals surface area contributed by atoms with Gasteiger partial charge in [-0.2, -0.15) is 0 Å². The van der Waals surface area contributed by atoms with Crippen molar-refractivity contribution in [2.45, 2.75) is 51.2 Å². The summed E-state index contributed by atoms with van der Waals surface area (Å²) in [5.74, 6) is 1.12. The largest absolute Gasteiger partial charge is 0.493 e. The number of nitrogens with one attached hydrogen (secondary N) is 1. The van der Waals surface area contributed by atoms with Crippen molar-refractivity contribution in [1.82, 2.24) is 9.62 Å². The van der Waals surface area contributed by atoms with Gasteiger partial charge in [0.1, 0.15) is 5.75 Å². The van der Waals surface area contributed by atoms with Gasteiger partial charge in [-0.25, -0.2) is 13.1 Å².